The monoisotopic (exact) mass is 282 g/mol. The molecular weight excluding hydrogens is 268 g/mol. The highest BCUT2D eigenvalue weighted by Gasteiger charge is 2.33. The summed E-state index contributed by atoms with van der Waals surface area (Å²) in [6.45, 7) is 1.97. The van der Waals surface area contributed by atoms with Crippen LogP contribution in [0.4, 0.5) is 5.69 Å². The van der Waals surface area contributed by atoms with E-state index in [1.807, 2.05) is 37.3 Å². The maximum atomic E-state index is 10.7. The van der Waals surface area contributed by atoms with Gasteiger partial charge in [0.05, 0.1) is 16.6 Å². The van der Waals surface area contributed by atoms with Gasteiger partial charge in [-0.15, -0.1) is 0 Å². The number of non-ortho nitro benzene ring substituents is 1. The van der Waals surface area contributed by atoms with E-state index in [1.165, 1.54) is 12.1 Å². The second-order valence-corrected chi connectivity index (χ2v) is 4.98. The molecule has 0 amide bonds. The first-order valence-electron chi connectivity index (χ1n) is 6.70. The lowest BCUT2D eigenvalue weighted by Gasteiger charge is -2.15. The van der Waals surface area contributed by atoms with Crippen LogP contribution in [0.3, 0.4) is 0 Å². The molecule has 5 heteroatoms. The van der Waals surface area contributed by atoms with Gasteiger partial charge in [-0.05, 0) is 24.6 Å². The van der Waals surface area contributed by atoms with Gasteiger partial charge in [0.25, 0.3) is 5.69 Å². The predicted molar refractivity (Wildman–Crippen MR) is 79.4 cm³/mol. The Morgan fingerprint density at radius 1 is 1.10 bits per heavy atom. The number of oxime groups is 1. The molecule has 1 heterocycles. The minimum Gasteiger partial charge on any atom is -0.391 e. The minimum atomic E-state index is -0.409. The number of hydrogen-bond acceptors (Lipinski definition) is 4. The first-order chi connectivity index (χ1) is 10.2. The normalized spacial score (nSPS) is 20.7. The third-order valence-electron chi connectivity index (χ3n) is 3.61. The van der Waals surface area contributed by atoms with Crippen LogP contribution in [0.1, 0.15) is 24.0 Å². The van der Waals surface area contributed by atoms with Crippen molar-refractivity contribution in [3.05, 3.63) is 75.8 Å². The summed E-state index contributed by atoms with van der Waals surface area (Å²) in [4.78, 5) is 15.7. The highest BCUT2D eigenvalue weighted by atomic mass is 16.6. The Morgan fingerprint density at radius 2 is 1.76 bits per heavy atom. The number of nitro benzene ring substituents is 1. The SMILES string of the molecule is C[C@@H]1ON=C(c2ccc([N+](=O)[O-])cc2)[C@H]1c1ccccc1. The highest BCUT2D eigenvalue weighted by molar-refractivity contribution is 6.06. The molecule has 0 saturated carbocycles. The van der Waals surface area contributed by atoms with Gasteiger partial charge < -0.3 is 4.84 Å². The standard InChI is InChI=1S/C16H14N2O3/c1-11-15(12-5-3-2-4-6-12)16(17-21-11)13-7-9-14(10-8-13)18(19)20/h2-11,15H,1H3/t11-,15+/m0/s1. The molecule has 0 unspecified atom stereocenters. The number of rotatable bonds is 3. The molecule has 2 atom stereocenters. The molecule has 3 rings (SSSR count). The maximum absolute atomic E-state index is 10.7. The molecule has 5 nitrogen and oxygen atoms in total. The van der Waals surface area contributed by atoms with E-state index in [-0.39, 0.29) is 17.7 Å². The Balaban J connectivity index is 1.95. The van der Waals surface area contributed by atoms with Crippen LogP contribution < -0.4 is 0 Å². The Labute approximate surface area is 122 Å². The van der Waals surface area contributed by atoms with Crippen LogP contribution in [0, 0.1) is 10.1 Å². The molecule has 0 N–H and O–H groups in total. The molecule has 0 spiro atoms. The summed E-state index contributed by atoms with van der Waals surface area (Å²) >= 11 is 0. The molecule has 0 bridgehead atoms. The lowest BCUT2D eigenvalue weighted by Crippen LogP contribution is -2.19. The smallest absolute Gasteiger partial charge is 0.269 e. The van der Waals surface area contributed by atoms with Gasteiger partial charge in [0.2, 0.25) is 0 Å². The van der Waals surface area contributed by atoms with Gasteiger partial charge in [-0.2, -0.15) is 0 Å². The van der Waals surface area contributed by atoms with E-state index in [0.29, 0.717) is 0 Å². The number of benzene rings is 2. The number of nitro groups is 1. The zero-order valence-electron chi connectivity index (χ0n) is 11.5. The molecule has 1 aliphatic heterocycles. The lowest BCUT2D eigenvalue weighted by atomic mass is 9.87. The second-order valence-electron chi connectivity index (χ2n) is 4.98. The molecule has 1 aliphatic rings. The fraction of sp³-hybridized carbons (Fsp3) is 0.188. The summed E-state index contributed by atoms with van der Waals surface area (Å²) in [6.07, 6.45) is -0.0578. The molecule has 2 aromatic carbocycles. The third kappa shape index (κ3) is 2.50. The van der Waals surface area contributed by atoms with Crippen molar-refractivity contribution in [3.8, 4) is 0 Å². The molecule has 2 aromatic rings. The molecular formula is C16H14N2O3. The van der Waals surface area contributed by atoms with E-state index >= 15 is 0 Å². The van der Waals surface area contributed by atoms with Crippen LogP contribution >= 0.6 is 0 Å². The topological polar surface area (TPSA) is 64.7 Å². The fourth-order valence-electron chi connectivity index (χ4n) is 2.56. The summed E-state index contributed by atoms with van der Waals surface area (Å²) in [5.74, 6) is 0.0349. The number of nitrogens with zero attached hydrogens (tertiary/aromatic N) is 2. The molecule has 0 fully saturated rings. The predicted octanol–water partition coefficient (Wildman–Crippen LogP) is 3.50. The van der Waals surface area contributed by atoms with Crippen molar-refractivity contribution in [1.82, 2.24) is 0 Å². The quantitative estimate of drug-likeness (QED) is 0.639. The number of hydrogen-bond donors (Lipinski definition) is 0. The Morgan fingerprint density at radius 3 is 2.38 bits per heavy atom. The minimum absolute atomic E-state index is 0.0349. The van der Waals surface area contributed by atoms with Gasteiger partial charge >= 0.3 is 0 Å². The summed E-state index contributed by atoms with van der Waals surface area (Å²) in [7, 11) is 0. The van der Waals surface area contributed by atoms with Crippen molar-refractivity contribution >= 4 is 11.4 Å². The Hall–Kier alpha value is -2.69. The first-order valence-corrected chi connectivity index (χ1v) is 6.70. The van der Waals surface area contributed by atoms with Gasteiger partial charge in [-0.25, -0.2) is 0 Å². The van der Waals surface area contributed by atoms with Gasteiger partial charge in [-0.3, -0.25) is 10.1 Å². The highest BCUT2D eigenvalue weighted by Crippen LogP contribution is 2.32. The van der Waals surface area contributed by atoms with Gasteiger partial charge in [0.15, 0.2) is 0 Å². The third-order valence-corrected chi connectivity index (χ3v) is 3.61. The molecule has 0 radical (unpaired) electrons. The summed E-state index contributed by atoms with van der Waals surface area (Å²) in [6, 6.07) is 16.4. The van der Waals surface area contributed by atoms with Crippen LogP contribution in [-0.2, 0) is 4.84 Å². The van der Waals surface area contributed by atoms with Crippen molar-refractivity contribution in [2.75, 3.05) is 0 Å². The average molecular weight is 282 g/mol. The average Bonchev–Trinajstić information content (AvgIpc) is 2.90. The zero-order valence-corrected chi connectivity index (χ0v) is 11.5. The van der Waals surface area contributed by atoms with Gasteiger partial charge in [0, 0.05) is 17.7 Å². The second kappa shape index (κ2) is 5.36. The summed E-state index contributed by atoms with van der Waals surface area (Å²) in [5, 5.41) is 14.9. The van der Waals surface area contributed by atoms with Gasteiger partial charge in [-0.1, -0.05) is 35.5 Å². The molecule has 21 heavy (non-hydrogen) atoms. The van der Waals surface area contributed by atoms with Crippen molar-refractivity contribution in [1.29, 1.82) is 0 Å². The van der Waals surface area contributed by atoms with Gasteiger partial charge in [0.1, 0.15) is 6.10 Å². The van der Waals surface area contributed by atoms with E-state index in [9.17, 15) is 10.1 Å². The van der Waals surface area contributed by atoms with Crippen molar-refractivity contribution < 1.29 is 9.76 Å². The molecule has 0 aromatic heterocycles. The van der Waals surface area contributed by atoms with Crippen LogP contribution in [0.2, 0.25) is 0 Å². The first kappa shape index (κ1) is 13.3. The largest absolute Gasteiger partial charge is 0.391 e. The molecule has 0 saturated heterocycles. The summed E-state index contributed by atoms with van der Waals surface area (Å²) < 4.78 is 0. The van der Waals surface area contributed by atoms with E-state index in [1.54, 1.807) is 12.1 Å². The Bertz CT molecular complexity index is 680. The van der Waals surface area contributed by atoms with E-state index in [4.69, 9.17) is 4.84 Å². The summed E-state index contributed by atoms with van der Waals surface area (Å²) in [5.41, 5.74) is 2.85. The Kier molecular flexibility index (Phi) is 3.39. The zero-order chi connectivity index (χ0) is 14.8. The molecule has 0 aliphatic carbocycles. The van der Waals surface area contributed by atoms with Crippen LogP contribution in [0.15, 0.2) is 59.8 Å². The molecule has 106 valence electrons. The maximum Gasteiger partial charge on any atom is 0.269 e. The van der Waals surface area contributed by atoms with Crippen LogP contribution in [0.25, 0.3) is 0 Å². The van der Waals surface area contributed by atoms with E-state index in [2.05, 4.69) is 5.16 Å². The van der Waals surface area contributed by atoms with Crippen molar-refractivity contribution in [3.63, 3.8) is 0 Å². The van der Waals surface area contributed by atoms with Crippen LogP contribution in [-0.4, -0.2) is 16.7 Å². The van der Waals surface area contributed by atoms with E-state index < -0.39 is 4.92 Å². The van der Waals surface area contributed by atoms with E-state index in [0.717, 1.165) is 16.8 Å². The fourth-order valence-corrected chi connectivity index (χ4v) is 2.56. The van der Waals surface area contributed by atoms with Crippen molar-refractivity contribution in [2.24, 2.45) is 5.16 Å². The lowest BCUT2D eigenvalue weighted by molar-refractivity contribution is -0.384. The van der Waals surface area contributed by atoms with Crippen molar-refractivity contribution in [2.45, 2.75) is 18.9 Å². The van der Waals surface area contributed by atoms with Crippen LogP contribution in [0.5, 0.6) is 0 Å².